The Morgan fingerprint density at radius 2 is 2.13 bits per heavy atom. The Morgan fingerprint density at radius 3 is 2.90 bits per heavy atom. The van der Waals surface area contributed by atoms with Gasteiger partial charge < -0.3 is 19.4 Å². The molecule has 0 aliphatic carbocycles. The van der Waals surface area contributed by atoms with Crippen molar-refractivity contribution in [1.29, 1.82) is 0 Å². The van der Waals surface area contributed by atoms with Crippen molar-refractivity contribution in [1.82, 2.24) is 14.9 Å². The lowest BCUT2D eigenvalue weighted by molar-refractivity contribution is 0.0695. The van der Waals surface area contributed by atoms with Crippen molar-refractivity contribution in [2.75, 3.05) is 40.0 Å². The summed E-state index contributed by atoms with van der Waals surface area (Å²) in [6.07, 6.45) is 1.67. The number of piperidine rings is 1. The van der Waals surface area contributed by atoms with E-state index in [-0.39, 0.29) is 29.2 Å². The molecule has 164 valence electrons. The minimum atomic E-state index is -0.969. The van der Waals surface area contributed by atoms with Gasteiger partial charge in [-0.15, -0.1) is 0 Å². The van der Waals surface area contributed by atoms with Crippen LogP contribution in [0.1, 0.15) is 25.1 Å². The molecule has 2 saturated heterocycles. The first kappa shape index (κ1) is 21.5. The normalized spacial score (nSPS) is 23.7. The van der Waals surface area contributed by atoms with Crippen molar-refractivity contribution in [3.05, 3.63) is 34.1 Å². The minimum absolute atomic E-state index is 0.0789. The van der Waals surface area contributed by atoms with Gasteiger partial charge in [-0.3, -0.25) is 4.79 Å². The topological polar surface area (TPSA) is 67.5 Å². The van der Waals surface area contributed by atoms with E-state index in [9.17, 15) is 13.6 Å². The maximum atomic E-state index is 14.6. The second-order valence-electron chi connectivity index (χ2n) is 8.07. The molecule has 0 bridgehead atoms. The third-order valence-electron chi connectivity index (χ3n) is 5.75. The number of H-pyrrole nitrogens is 1. The quantitative estimate of drug-likeness (QED) is 0.746. The lowest BCUT2D eigenvalue weighted by atomic mass is 9.96. The fourth-order valence-electron chi connectivity index (χ4n) is 3.94. The SMILES string of the molecule is CN1CC[C@H](COc2cc(F)c3c(=O)[nH]c(CSC4CCOCC4)nc3c2)[C@@H](F)C1. The number of nitrogens with one attached hydrogen (secondary N) is 1. The number of thioether (sulfide) groups is 1. The van der Waals surface area contributed by atoms with Crippen LogP contribution in [0.25, 0.3) is 10.9 Å². The highest BCUT2D eigenvalue weighted by atomic mass is 32.2. The van der Waals surface area contributed by atoms with Gasteiger partial charge in [0.05, 0.1) is 17.9 Å². The second kappa shape index (κ2) is 9.62. The van der Waals surface area contributed by atoms with E-state index >= 15 is 0 Å². The van der Waals surface area contributed by atoms with Crippen LogP contribution in [-0.4, -0.2) is 66.2 Å². The summed E-state index contributed by atoms with van der Waals surface area (Å²) >= 11 is 1.72. The number of nitrogens with zero attached hydrogens (tertiary/aromatic N) is 2. The van der Waals surface area contributed by atoms with E-state index in [4.69, 9.17) is 9.47 Å². The molecule has 30 heavy (non-hydrogen) atoms. The van der Waals surface area contributed by atoms with Crippen LogP contribution in [0, 0.1) is 11.7 Å². The Morgan fingerprint density at radius 1 is 1.33 bits per heavy atom. The van der Waals surface area contributed by atoms with E-state index in [1.54, 1.807) is 17.8 Å². The second-order valence-corrected chi connectivity index (χ2v) is 9.36. The smallest absolute Gasteiger partial charge is 0.261 e. The number of benzene rings is 1. The van der Waals surface area contributed by atoms with Gasteiger partial charge in [-0.25, -0.2) is 13.8 Å². The van der Waals surface area contributed by atoms with Gasteiger partial charge in [0.1, 0.15) is 28.9 Å². The van der Waals surface area contributed by atoms with Gasteiger partial charge in [-0.05, 0) is 32.9 Å². The number of rotatable bonds is 6. The third kappa shape index (κ3) is 5.12. The van der Waals surface area contributed by atoms with Crippen LogP contribution in [0.4, 0.5) is 8.78 Å². The predicted octanol–water partition coefficient (Wildman–Crippen LogP) is 3.14. The van der Waals surface area contributed by atoms with Crippen molar-refractivity contribution in [2.45, 2.75) is 36.4 Å². The number of likely N-dealkylation sites (tertiary alicyclic amines) is 1. The number of hydrogen-bond acceptors (Lipinski definition) is 6. The monoisotopic (exact) mass is 439 g/mol. The average Bonchev–Trinajstić information content (AvgIpc) is 2.72. The maximum Gasteiger partial charge on any atom is 0.261 e. The summed E-state index contributed by atoms with van der Waals surface area (Å²) in [4.78, 5) is 21.5. The Hall–Kier alpha value is -1.71. The first-order valence-corrected chi connectivity index (χ1v) is 11.4. The summed E-state index contributed by atoms with van der Waals surface area (Å²) < 4.78 is 39.9. The molecule has 1 aromatic carbocycles. The van der Waals surface area contributed by atoms with E-state index in [0.717, 1.165) is 32.6 Å². The van der Waals surface area contributed by atoms with Gasteiger partial charge in [0.25, 0.3) is 5.56 Å². The molecule has 2 atom stereocenters. The summed E-state index contributed by atoms with van der Waals surface area (Å²) in [6.45, 7) is 2.87. The zero-order chi connectivity index (χ0) is 21.1. The Balaban J connectivity index is 1.47. The van der Waals surface area contributed by atoms with Crippen molar-refractivity contribution < 1.29 is 18.3 Å². The molecule has 9 heteroatoms. The van der Waals surface area contributed by atoms with Crippen LogP contribution in [0.5, 0.6) is 5.75 Å². The molecule has 1 N–H and O–H groups in total. The first-order valence-electron chi connectivity index (χ1n) is 10.4. The summed E-state index contributed by atoms with van der Waals surface area (Å²) in [5, 5.41) is 0.388. The van der Waals surface area contributed by atoms with Crippen LogP contribution in [0.3, 0.4) is 0 Å². The fraction of sp³-hybridized carbons (Fsp3) is 0.619. The fourth-order valence-corrected chi connectivity index (χ4v) is 4.99. The molecule has 2 aliphatic rings. The molecule has 4 rings (SSSR count). The summed E-state index contributed by atoms with van der Waals surface area (Å²) in [5.41, 5.74) is -0.234. The zero-order valence-electron chi connectivity index (χ0n) is 17.0. The molecular formula is C21H27F2N3O3S. The molecule has 3 heterocycles. The number of alkyl halides is 1. The number of aromatic nitrogens is 2. The Kier molecular flexibility index (Phi) is 6.90. The lowest BCUT2D eigenvalue weighted by Gasteiger charge is -2.32. The molecule has 6 nitrogen and oxygen atoms in total. The Bertz CT molecular complexity index is 936. The van der Waals surface area contributed by atoms with Crippen molar-refractivity contribution >= 4 is 22.7 Å². The molecule has 0 amide bonds. The molecule has 0 radical (unpaired) electrons. The van der Waals surface area contributed by atoms with Gasteiger partial charge in [0, 0.05) is 43.1 Å². The van der Waals surface area contributed by atoms with Gasteiger partial charge >= 0.3 is 0 Å². The number of fused-ring (bicyclic) bond motifs is 1. The molecule has 0 spiro atoms. The predicted molar refractivity (Wildman–Crippen MR) is 113 cm³/mol. The third-order valence-corrected chi connectivity index (χ3v) is 7.13. The molecule has 2 fully saturated rings. The van der Waals surface area contributed by atoms with Crippen LogP contribution < -0.4 is 10.3 Å². The zero-order valence-corrected chi connectivity index (χ0v) is 17.9. The van der Waals surface area contributed by atoms with E-state index in [1.165, 1.54) is 6.07 Å². The maximum absolute atomic E-state index is 14.6. The highest BCUT2D eigenvalue weighted by Crippen LogP contribution is 2.27. The number of ether oxygens (including phenoxy) is 2. The molecule has 0 saturated carbocycles. The van der Waals surface area contributed by atoms with Crippen LogP contribution in [0.2, 0.25) is 0 Å². The van der Waals surface area contributed by atoms with E-state index in [2.05, 4.69) is 9.97 Å². The molecule has 0 unspecified atom stereocenters. The number of hydrogen-bond donors (Lipinski definition) is 1. The van der Waals surface area contributed by atoms with Gasteiger partial charge in [-0.2, -0.15) is 11.8 Å². The molecule has 2 aliphatic heterocycles. The lowest BCUT2D eigenvalue weighted by Crippen LogP contribution is -2.41. The van der Waals surface area contributed by atoms with Crippen LogP contribution in [-0.2, 0) is 10.5 Å². The molecule has 1 aromatic heterocycles. The minimum Gasteiger partial charge on any atom is -0.493 e. The first-order chi connectivity index (χ1) is 14.5. The van der Waals surface area contributed by atoms with E-state index < -0.39 is 17.5 Å². The van der Waals surface area contributed by atoms with Crippen molar-refractivity contribution in [3.8, 4) is 5.75 Å². The van der Waals surface area contributed by atoms with E-state index in [0.29, 0.717) is 29.8 Å². The summed E-state index contributed by atoms with van der Waals surface area (Å²) in [6, 6.07) is 2.75. The van der Waals surface area contributed by atoms with Crippen LogP contribution >= 0.6 is 11.8 Å². The van der Waals surface area contributed by atoms with Crippen molar-refractivity contribution in [3.63, 3.8) is 0 Å². The number of halogens is 2. The van der Waals surface area contributed by atoms with Gasteiger partial charge in [0.2, 0.25) is 0 Å². The molecule has 2 aromatic rings. The highest BCUT2D eigenvalue weighted by molar-refractivity contribution is 7.99. The van der Waals surface area contributed by atoms with Gasteiger partial charge in [-0.1, -0.05) is 0 Å². The standard InChI is InChI=1S/C21H27F2N3O3S/c1-26-5-2-13(17(23)10-26)11-29-14-8-16(22)20-18(9-14)24-19(25-21(20)27)12-30-15-3-6-28-7-4-15/h8-9,13,15,17H,2-7,10-12H2,1H3,(H,24,25,27)/t13-,17+/m1/s1. The Labute approximate surface area is 178 Å². The summed E-state index contributed by atoms with van der Waals surface area (Å²) in [5.74, 6) is 0.423. The van der Waals surface area contributed by atoms with Crippen LogP contribution in [0.15, 0.2) is 16.9 Å². The largest absolute Gasteiger partial charge is 0.493 e. The summed E-state index contributed by atoms with van der Waals surface area (Å²) in [7, 11) is 1.89. The molecular weight excluding hydrogens is 412 g/mol. The van der Waals surface area contributed by atoms with Gasteiger partial charge in [0.15, 0.2) is 0 Å². The highest BCUT2D eigenvalue weighted by Gasteiger charge is 2.28. The number of aromatic amines is 1. The average molecular weight is 440 g/mol. The van der Waals surface area contributed by atoms with E-state index in [1.807, 2.05) is 11.9 Å². The van der Waals surface area contributed by atoms with Crippen molar-refractivity contribution in [2.24, 2.45) is 5.92 Å².